The number of fused-ring (bicyclic) bond motifs is 1. The van der Waals surface area contributed by atoms with Gasteiger partial charge in [0.25, 0.3) is 5.56 Å². The Morgan fingerprint density at radius 1 is 1.08 bits per heavy atom. The van der Waals surface area contributed by atoms with Crippen LogP contribution >= 0.6 is 27.3 Å². The Balaban J connectivity index is 1.87. The van der Waals surface area contributed by atoms with Crippen LogP contribution in [0.25, 0.3) is 6.08 Å². The molecule has 0 unspecified atom stereocenters. The molecule has 0 spiro atoms. The summed E-state index contributed by atoms with van der Waals surface area (Å²) in [4.78, 5) is 31.9. The van der Waals surface area contributed by atoms with E-state index in [0.29, 0.717) is 39.6 Å². The molecule has 4 rings (SSSR count). The molecule has 2 heterocycles. The Morgan fingerprint density at radius 3 is 2.44 bits per heavy atom. The average Bonchev–Trinajstić information content (AvgIpc) is 3.15. The van der Waals surface area contributed by atoms with E-state index >= 15 is 0 Å². The number of esters is 1. The molecule has 0 bridgehead atoms. The van der Waals surface area contributed by atoms with Gasteiger partial charge in [0.05, 0.1) is 46.1 Å². The minimum Gasteiger partial charge on any atom is -0.494 e. The number of carbonyl (C=O) groups is 1. The molecule has 0 N–H and O–H groups in total. The van der Waals surface area contributed by atoms with Crippen LogP contribution in [0.15, 0.2) is 68.0 Å². The third-order valence-electron chi connectivity index (χ3n) is 5.58. The molecule has 1 aliphatic rings. The van der Waals surface area contributed by atoms with Crippen molar-refractivity contribution in [3.8, 4) is 11.5 Å². The van der Waals surface area contributed by atoms with Gasteiger partial charge in [0.2, 0.25) is 0 Å². The van der Waals surface area contributed by atoms with E-state index in [2.05, 4.69) is 20.9 Å². The molecule has 0 amide bonds. The number of rotatable bonds is 8. The SMILES string of the molecule is CCOC(=O)C1=C(C)N=c2s/c(=C\c3ccc(OCC)c(Br)c3)c(=O)n2[C@H]1c1ccc(OCC)cc1. The molecule has 188 valence electrons. The van der Waals surface area contributed by atoms with E-state index in [1.807, 2.05) is 62.4 Å². The first kappa shape index (κ1) is 25.9. The summed E-state index contributed by atoms with van der Waals surface area (Å²) in [5.41, 5.74) is 2.27. The van der Waals surface area contributed by atoms with Crippen molar-refractivity contribution < 1.29 is 19.0 Å². The largest absolute Gasteiger partial charge is 0.494 e. The maximum absolute atomic E-state index is 13.7. The van der Waals surface area contributed by atoms with Crippen LogP contribution in [0.3, 0.4) is 0 Å². The molecular weight excluding hydrogens is 544 g/mol. The first-order chi connectivity index (χ1) is 17.4. The number of aromatic nitrogens is 1. The van der Waals surface area contributed by atoms with Gasteiger partial charge in [-0.25, -0.2) is 9.79 Å². The molecule has 2 aromatic carbocycles. The summed E-state index contributed by atoms with van der Waals surface area (Å²) in [6, 6.07) is 12.4. The number of hydrogen-bond donors (Lipinski definition) is 0. The number of carbonyl (C=O) groups excluding carboxylic acids is 1. The van der Waals surface area contributed by atoms with Crippen LogP contribution in [-0.2, 0) is 9.53 Å². The molecule has 0 fully saturated rings. The zero-order valence-electron chi connectivity index (χ0n) is 20.5. The third-order valence-corrected chi connectivity index (χ3v) is 7.18. The molecule has 3 aromatic rings. The molecule has 0 radical (unpaired) electrons. The van der Waals surface area contributed by atoms with Gasteiger partial charge in [-0.2, -0.15) is 0 Å². The first-order valence-corrected chi connectivity index (χ1v) is 13.3. The lowest BCUT2D eigenvalue weighted by atomic mass is 9.96. The highest BCUT2D eigenvalue weighted by atomic mass is 79.9. The highest BCUT2D eigenvalue weighted by Crippen LogP contribution is 2.32. The van der Waals surface area contributed by atoms with Gasteiger partial charge in [-0.1, -0.05) is 29.5 Å². The van der Waals surface area contributed by atoms with Gasteiger partial charge in [0.1, 0.15) is 11.5 Å². The predicted molar refractivity (Wildman–Crippen MR) is 143 cm³/mol. The van der Waals surface area contributed by atoms with Crippen LogP contribution < -0.4 is 24.4 Å². The van der Waals surface area contributed by atoms with Crippen LogP contribution in [-0.4, -0.2) is 30.4 Å². The summed E-state index contributed by atoms with van der Waals surface area (Å²) >= 11 is 4.82. The molecule has 7 nitrogen and oxygen atoms in total. The first-order valence-electron chi connectivity index (χ1n) is 11.7. The van der Waals surface area contributed by atoms with Gasteiger partial charge in [-0.15, -0.1) is 0 Å². The maximum atomic E-state index is 13.7. The molecular formula is C27H27BrN2O5S. The third kappa shape index (κ3) is 5.17. The molecule has 1 atom stereocenters. The second-order valence-corrected chi connectivity index (χ2v) is 9.79. The quantitative estimate of drug-likeness (QED) is 0.376. The molecule has 1 aliphatic heterocycles. The summed E-state index contributed by atoms with van der Waals surface area (Å²) in [7, 11) is 0. The Kier molecular flexibility index (Phi) is 8.11. The van der Waals surface area contributed by atoms with E-state index in [-0.39, 0.29) is 12.2 Å². The number of nitrogens with zero attached hydrogens (tertiary/aromatic N) is 2. The fraction of sp³-hybridized carbons (Fsp3) is 0.296. The minimum absolute atomic E-state index is 0.225. The predicted octanol–water partition coefficient (Wildman–Crippen LogP) is 4.36. The molecule has 0 saturated heterocycles. The number of allylic oxidation sites excluding steroid dienone is 1. The lowest BCUT2D eigenvalue weighted by Gasteiger charge is -2.24. The van der Waals surface area contributed by atoms with Crippen molar-refractivity contribution >= 4 is 39.3 Å². The monoisotopic (exact) mass is 570 g/mol. The van der Waals surface area contributed by atoms with Crippen LogP contribution in [0.4, 0.5) is 0 Å². The number of thiazole rings is 1. The van der Waals surface area contributed by atoms with Crippen molar-refractivity contribution in [1.29, 1.82) is 0 Å². The van der Waals surface area contributed by atoms with Crippen molar-refractivity contribution in [2.75, 3.05) is 19.8 Å². The van der Waals surface area contributed by atoms with Crippen molar-refractivity contribution in [3.63, 3.8) is 0 Å². The minimum atomic E-state index is -0.662. The van der Waals surface area contributed by atoms with E-state index in [9.17, 15) is 9.59 Å². The van der Waals surface area contributed by atoms with Crippen molar-refractivity contribution in [1.82, 2.24) is 4.57 Å². The zero-order chi connectivity index (χ0) is 25.8. The normalized spacial score (nSPS) is 15.4. The molecule has 36 heavy (non-hydrogen) atoms. The fourth-order valence-corrected chi connectivity index (χ4v) is 5.61. The summed E-state index contributed by atoms with van der Waals surface area (Å²) in [6.45, 7) is 8.70. The lowest BCUT2D eigenvalue weighted by molar-refractivity contribution is -0.139. The topological polar surface area (TPSA) is 79.1 Å². The smallest absolute Gasteiger partial charge is 0.338 e. The maximum Gasteiger partial charge on any atom is 0.338 e. The van der Waals surface area contributed by atoms with Gasteiger partial charge in [0.15, 0.2) is 4.80 Å². The summed E-state index contributed by atoms with van der Waals surface area (Å²) in [5, 5.41) is 0. The van der Waals surface area contributed by atoms with E-state index in [1.54, 1.807) is 18.4 Å². The van der Waals surface area contributed by atoms with E-state index < -0.39 is 12.0 Å². The van der Waals surface area contributed by atoms with E-state index in [0.717, 1.165) is 21.3 Å². The van der Waals surface area contributed by atoms with Gasteiger partial charge >= 0.3 is 5.97 Å². The second kappa shape index (κ2) is 11.3. The lowest BCUT2D eigenvalue weighted by Crippen LogP contribution is -2.39. The second-order valence-electron chi connectivity index (χ2n) is 7.93. The van der Waals surface area contributed by atoms with Gasteiger partial charge < -0.3 is 14.2 Å². The average molecular weight is 571 g/mol. The highest BCUT2D eigenvalue weighted by molar-refractivity contribution is 9.10. The molecule has 9 heteroatoms. The number of ether oxygens (including phenoxy) is 3. The highest BCUT2D eigenvalue weighted by Gasteiger charge is 2.33. The Hall–Kier alpha value is -3.17. The van der Waals surface area contributed by atoms with Crippen LogP contribution in [0.1, 0.15) is 44.9 Å². The fourth-order valence-electron chi connectivity index (χ4n) is 4.05. The molecule has 0 saturated carbocycles. The Bertz CT molecular complexity index is 1490. The van der Waals surface area contributed by atoms with Gasteiger partial charge in [0, 0.05) is 0 Å². The zero-order valence-corrected chi connectivity index (χ0v) is 22.9. The number of hydrogen-bond acceptors (Lipinski definition) is 7. The van der Waals surface area contributed by atoms with Gasteiger partial charge in [-0.05, 0) is 85.1 Å². The molecule has 1 aromatic heterocycles. The van der Waals surface area contributed by atoms with E-state index in [1.165, 1.54) is 11.3 Å². The summed E-state index contributed by atoms with van der Waals surface area (Å²) in [6.07, 6.45) is 1.82. The van der Waals surface area contributed by atoms with Crippen molar-refractivity contribution in [2.24, 2.45) is 4.99 Å². The molecule has 0 aliphatic carbocycles. The van der Waals surface area contributed by atoms with E-state index in [4.69, 9.17) is 14.2 Å². The standard InChI is InChI=1S/C27H27BrN2O5S/c1-5-33-19-11-9-18(10-12-19)24-23(26(32)35-7-3)16(4)29-27-30(24)25(31)22(36-27)15-17-8-13-21(34-6-2)20(28)14-17/h8-15,24H,5-7H2,1-4H3/b22-15-/t24-/m0/s1. The van der Waals surface area contributed by atoms with Crippen LogP contribution in [0.2, 0.25) is 0 Å². The van der Waals surface area contributed by atoms with Gasteiger partial charge in [-0.3, -0.25) is 9.36 Å². The Labute approximate surface area is 221 Å². The van der Waals surface area contributed by atoms with Crippen molar-refractivity contribution in [3.05, 3.63) is 89.0 Å². The Morgan fingerprint density at radius 2 is 1.81 bits per heavy atom. The van der Waals surface area contributed by atoms with Crippen LogP contribution in [0.5, 0.6) is 11.5 Å². The van der Waals surface area contributed by atoms with Crippen LogP contribution in [0, 0.1) is 0 Å². The summed E-state index contributed by atoms with van der Waals surface area (Å²) in [5.74, 6) is 0.969. The summed E-state index contributed by atoms with van der Waals surface area (Å²) < 4.78 is 19.4. The van der Waals surface area contributed by atoms with Crippen molar-refractivity contribution in [2.45, 2.75) is 33.7 Å². The number of halogens is 1. The number of benzene rings is 2.